The van der Waals surface area contributed by atoms with Crippen LogP contribution >= 0.6 is 24.0 Å². The molecule has 7 heteroatoms. The van der Waals surface area contributed by atoms with E-state index in [9.17, 15) is 13.2 Å². The molecule has 130 valence electrons. The number of guanidine groups is 1. The van der Waals surface area contributed by atoms with Crippen molar-refractivity contribution in [1.29, 1.82) is 0 Å². The van der Waals surface area contributed by atoms with Crippen LogP contribution in [-0.2, 0) is 13.1 Å². The Labute approximate surface area is 156 Å². The molecule has 0 spiro atoms. The number of hydrogen-bond acceptors (Lipinski definition) is 1. The Morgan fingerprint density at radius 2 is 1.67 bits per heavy atom. The summed E-state index contributed by atoms with van der Waals surface area (Å²) in [6, 6.07) is 9.64. The van der Waals surface area contributed by atoms with E-state index in [-0.39, 0.29) is 48.4 Å². The summed E-state index contributed by atoms with van der Waals surface area (Å²) in [6.07, 6.45) is 0. The molecule has 0 aromatic heterocycles. The summed E-state index contributed by atoms with van der Waals surface area (Å²) in [7, 11) is 0. The fourth-order valence-electron chi connectivity index (χ4n) is 1.99. The molecule has 0 heterocycles. The van der Waals surface area contributed by atoms with Crippen molar-refractivity contribution in [3.05, 3.63) is 71.0 Å². The molecule has 0 radical (unpaired) electrons. The zero-order chi connectivity index (χ0) is 16.7. The van der Waals surface area contributed by atoms with Gasteiger partial charge in [-0.1, -0.05) is 18.2 Å². The van der Waals surface area contributed by atoms with Crippen LogP contribution in [0.3, 0.4) is 0 Å². The van der Waals surface area contributed by atoms with Crippen molar-refractivity contribution < 1.29 is 13.2 Å². The topological polar surface area (TPSA) is 36.4 Å². The van der Waals surface area contributed by atoms with E-state index in [1.165, 1.54) is 6.07 Å². The number of nitrogens with one attached hydrogen (secondary N) is 2. The van der Waals surface area contributed by atoms with Crippen LogP contribution < -0.4 is 10.6 Å². The van der Waals surface area contributed by atoms with Gasteiger partial charge in [-0.15, -0.1) is 24.0 Å². The zero-order valence-corrected chi connectivity index (χ0v) is 15.5. The molecule has 0 aliphatic heterocycles. The fourth-order valence-corrected chi connectivity index (χ4v) is 1.99. The largest absolute Gasteiger partial charge is 0.357 e. The number of hydrogen-bond donors (Lipinski definition) is 2. The first-order chi connectivity index (χ1) is 11.1. The Morgan fingerprint density at radius 3 is 2.38 bits per heavy atom. The van der Waals surface area contributed by atoms with Crippen molar-refractivity contribution >= 4 is 29.9 Å². The van der Waals surface area contributed by atoms with Gasteiger partial charge in [-0.25, -0.2) is 18.2 Å². The van der Waals surface area contributed by atoms with Gasteiger partial charge in [0.25, 0.3) is 0 Å². The second kappa shape index (κ2) is 10.2. The molecule has 3 nitrogen and oxygen atoms in total. The second-order valence-electron chi connectivity index (χ2n) is 4.88. The van der Waals surface area contributed by atoms with E-state index in [0.717, 1.165) is 18.2 Å². The smallest absolute Gasteiger partial charge is 0.191 e. The standard InChI is InChI=1S/C17H18F3N3.HI/c1-2-21-17(22-10-12-5-3-4-6-15(12)19)23-11-13-9-14(18)7-8-16(13)20;/h3-9H,2,10-11H2,1H3,(H2,21,22,23);1H. The minimum atomic E-state index is -0.514. The number of aliphatic imine (C=N–C) groups is 1. The molecular formula is C17H19F3IN3. The molecule has 0 bridgehead atoms. The van der Waals surface area contributed by atoms with Crippen molar-refractivity contribution in [3.63, 3.8) is 0 Å². The van der Waals surface area contributed by atoms with Crippen LogP contribution in [0.15, 0.2) is 47.5 Å². The van der Waals surface area contributed by atoms with Gasteiger partial charge in [0.1, 0.15) is 17.5 Å². The Kier molecular flexibility index (Phi) is 8.59. The van der Waals surface area contributed by atoms with Crippen LogP contribution in [0.25, 0.3) is 0 Å². The van der Waals surface area contributed by atoms with Crippen molar-refractivity contribution in [3.8, 4) is 0 Å². The molecule has 2 rings (SSSR count). The average molecular weight is 449 g/mol. The molecule has 0 fully saturated rings. The molecular weight excluding hydrogens is 430 g/mol. The molecule has 0 aliphatic carbocycles. The molecule has 2 aromatic rings. The predicted octanol–water partition coefficient (Wildman–Crippen LogP) is 3.98. The summed E-state index contributed by atoms with van der Waals surface area (Å²) in [4.78, 5) is 4.20. The predicted molar refractivity (Wildman–Crippen MR) is 99.8 cm³/mol. The van der Waals surface area contributed by atoms with Crippen LogP contribution in [-0.4, -0.2) is 12.5 Å². The quantitative estimate of drug-likeness (QED) is 0.412. The van der Waals surface area contributed by atoms with Gasteiger partial charge in [0, 0.05) is 24.2 Å². The summed E-state index contributed by atoms with van der Waals surface area (Å²) < 4.78 is 40.3. The zero-order valence-electron chi connectivity index (χ0n) is 13.2. The molecule has 2 N–H and O–H groups in total. The number of benzene rings is 2. The molecule has 0 amide bonds. The van der Waals surface area contributed by atoms with Crippen molar-refractivity contribution in [1.82, 2.24) is 10.6 Å². The highest BCUT2D eigenvalue weighted by Crippen LogP contribution is 2.11. The highest BCUT2D eigenvalue weighted by Gasteiger charge is 2.05. The maximum Gasteiger partial charge on any atom is 0.191 e. The summed E-state index contributed by atoms with van der Waals surface area (Å²) in [6.45, 7) is 2.69. The number of rotatable bonds is 5. The van der Waals surface area contributed by atoms with E-state index in [1.807, 2.05) is 6.92 Å². The summed E-state index contributed by atoms with van der Waals surface area (Å²) in [5.74, 6) is -0.938. The van der Waals surface area contributed by atoms with Crippen molar-refractivity contribution in [2.24, 2.45) is 4.99 Å². The number of nitrogens with zero attached hydrogens (tertiary/aromatic N) is 1. The van der Waals surface area contributed by atoms with Crippen molar-refractivity contribution in [2.45, 2.75) is 20.0 Å². The maximum absolute atomic E-state index is 13.6. The lowest BCUT2D eigenvalue weighted by molar-refractivity contribution is 0.585. The van der Waals surface area contributed by atoms with Crippen LogP contribution in [0, 0.1) is 17.5 Å². The molecule has 0 atom stereocenters. The highest BCUT2D eigenvalue weighted by molar-refractivity contribution is 14.0. The molecule has 0 aliphatic rings. The van der Waals surface area contributed by atoms with Gasteiger partial charge in [0.15, 0.2) is 5.96 Å². The first-order valence-electron chi connectivity index (χ1n) is 7.29. The van der Waals surface area contributed by atoms with Gasteiger partial charge < -0.3 is 10.6 Å². The summed E-state index contributed by atoms with van der Waals surface area (Å²) >= 11 is 0. The average Bonchev–Trinajstić information content (AvgIpc) is 2.54. The van der Waals surface area contributed by atoms with Gasteiger partial charge in [-0.3, -0.25) is 0 Å². The van der Waals surface area contributed by atoms with E-state index in [1.54, 1.807) is 18.2 Å². The lowest BCUT2D eigenvalue weighted by Crippen LogP contribution is -2.37. The van der Waals surface area contributed by atoms with Crippen LogP contribution in [0.1, 0.15) is 18.1 Å². The van der Waals surface area contributed by atoms with Gasteiger partial charge in [0.05, 0.1) is 6.54 Å². The molecule has 0 unspecified atom stereocenters. The third-order valence-electron chi connectivity index (χ3n) is 3.16. The highest BCUT2D eigenvalue weighted by atomic mass is 127. The van der Waals surface area contributed by atoms with Gasteiger partial charge >= 0.3 is 0 Å². The summed E-state index contributed by atoms with van der Waals surface area (Å²) in [5, 5.41) is 5.94. The lowest BCUT2D eigenvalue weighted by atomic mass is 10.2. The number of halogens is 4. The molecule has 24 heavy (non-hydrogen) atoms. The SMILES string of the molecule is CCNC(=NCc1cc(F)ccc1F)NCc1ccccc1F.I. The molecule has 2 aromatic carbocycles. The van der Waals surface area contributed by atoms with Gasteiger partial charge in [-0.05, 0) is 31.2 Å². The Morgan fingerprint density at radius 1 is 0.958 bits per heavy atom. The van der Waals surface area contributed by atoms with E-state index in [2.05, 4.69) is 15.6 Å². The van der Waals surface area contributed by atoms with E-state index in [4.69, 9.17) is 0 Å². The summed E-state index contributed by atoms with van der Waals surface area (Å²) in [5.41, 5.74) is 0.656. The van der Waals surface area contributed by atoms with E-state index in [0.29, 0.717) is 18.1 Å². The van der Waals surface area contributed by atoms with Crippen LogP contribution in [0.5, 0.6) is 0 Å². The van der Waals surface area contributed by atoms with Gasteiger partial charge in [-0.2, -0.15) is 0 Å². The second-order valence-corrected chi connectivity index (χ2v) is 4.88. The Bertz CT molecular complexity index is 693. The molecule has 0 saturated heterocycles. The third kappa shape index (κ3) is 6.03. The minimum absolute atomic E-state index is 0. The van der Waals surface area contributed by atoms with Crippen LogP contribution in [0.2, 0.25) is 0 Å². The monoisotopic (exact) mass is 449 g/mol. The Hall–Kier alpha value is -1.77. The van der Waals surface area contributed by atoms with E-state index >= 15 is 0 Å². The van der Waals surface area contributed by atoms with Crippen molar-refractivity contribution in [2.75, 3.05) is 6.54 Å². The third-order valence-corrected chi connectivity index (χ3v) is 3.16. The lowest BCUT2D eigenvalue weighted by Gasteiger charge is -2.12. The first kappa shape index (κ1) is 20.3. The van der Waals surface area contributed by atoms with Gasteiger partial charge in [0.2, 0.25) is 0 Å². The normalized spacial score (nSPS) is 10.9. The molecule has 0 saturated carbocycles. The Balaban J connectivity index is 0.00000288. The maximum atomic E-state index is 13.6. The minimum Gasteiger partial charge on any atom is -0.357 e. The fraction of sp³-hybridized carbons (Fsp3) is 0.235. The van der Waals surface area contributed by atoms with E-state index < -0.39 is 11.6 Å². The van der Waals surface area contributed by atoms with Crippen LogP contribution in [0.4, 0.5) is 13.2 Å². The first-order valence-corrected chi connectivity index (χ1v) is 7.29.